The van der Waals surface area contributed by atoms with Gasteiger partial charge in [0, 0.05) is 0 Å². The number of allylic oxidation sites excluding steroid dienone is 2. The summed E-state index contributed by atoms with van der Waals surface area (Å²) in [6, 6.07) is 11.7. The first kappa shape index (κ1) is 21.9. The SMILES string of the molecule is COC(=O)C1=C(C)OC(N)=C(C#N)C1c1cc(COc2ccc(F)cc2)c(C)cc1C. The Hall–Kier alpha value is -3.79. The van der Waals surface area contributed by atoms with Gasteiger partial charge in [-0.1, -0.05) is 12.1 Å². The van der Waals surface area contributed by atoms with Gasteiger partial charge in [-0.15, -0.1) is 0 Å². The van der Waals surface area contributed by atoms with Crippen LogP contribution >= 0.6 is 0 Å². The molecule has 0 saturated carbocycles. The second-order valence-electron chi connectivity index (χ2n) is 7.26. The van der Waals surface area contributed by atoms with Crippen LogP contribution in [0.4, 0.5) is 4.39 Å². The minimum absolute atomic E-state index is 0.0401. The zero-order valence-electron chi connectivity index (χ0n) is 17.8. The number of hydrogen-bond donors (Lipinski definition) is 1. The first-order chi connectivity index (χ1) is 14.8. The minimum Gasteiger partial charge on any atom is -0.489 e. The van der Waals surface area contributed by atoms with Crippen LogP contribution in [0.3, 0.4) is 0 Å². The van der Waals surface area contributed by atoms with E-state index >= 15 is 0 Å². The Balaban J connectivity index is 2.06. The fraction of sp³-hybridized carbons (Fsp3) is 0.250. The number of ether oxygens (including phenoxy) is 3. The number of nitriles is 1. The molecule has 0 aliphatic carbocycles. The average molecular weight is 422 g/mol. The van der Waals surface area contributed by atoms with Crippen LogP contribution in [0.15, 0.2) is 59.2 Å². The Morgan fingerprint density at radius 1 is 1.19 bits per heavy atom. The normalized spacial score (nSPS) is 15.9. The van der Waals surface area contributed by atoms with Crippen molar-refractivity contribution in [2.75, 3.05) is 7.11 Å². The van der Waals surface area contributed by atoms with Gasteiger partial charge in [-0.2, -0.15) is 5.26 Å². The molecule has 0 fully saturated rings. The van der Waals surface area contributed by atoms with Gasteiger partial charge in [-0.3, -0.25) is 0 Å². The highest BCUT2D eigenvalue weighted by atomic mass is 19.1. The summed E-state index contributed by atoms with van der Waals surface area (Å²) >= 11 is 0. The van der Waals surface area contributed by atoms with E-state index in [9.17, 15) is 14.4 Å². The molecule has 1 aliphatic rings. The summed E-state index contributed by atoms with van der Waals surface area (Å²) in [6.07, 6.45) is 0. The maximum atomic E-state index is 13.1. The summed E-state index contributed by atoms with van der Waals surface area (Å²) in [4.78, 5) is 12.5. The van der Waals surface area contributed by atoms with Gasteiger partial charge in [0.2, 0.25) is 5.88 Å². The van der Waals surface area contributed by atoms with E-state index in [-0.39, 0.29) is 35.2 Å². The van der Waals surface area contributed by atoms with Crippen LogP contribution in [0, 0.1) is 31.0 Å². The zero-order valence-corrected chi connectivity index (χ0v) is 17.8. The second-order valence-corrected chi connectivity index (χ2v) is 7.26. The van der Waals surface area contributed by atoms with Crippen molar-refractivity contribution < 1.29 is 23.4 Å². The van der Waals surface area contributed by atoms with E-state index in [1.807, 2.05) is 26.0 Å². The number of esters is 1. The molecular formula is C24H23FN2O4. The zero-order chi connectivity index (χ0) is 22.7. The predicted octanol–water partition coefficient (Wildman–Crippen LogP) is 4.28. The van der Waals surface area contributed by atoms with Gasteiger partial charge in [-0.05, 0) is 67.3 Å². The molecule has 0 bridgehead atoms. The van der Waals surface area contributed by atoms with E-state index in [2.05, 4.69) is 6.07 Å². The van der Waals surface area contributed by atoms with Crippen molar-refractivity contribution >= 4 is 5.97 Å². The third-order valence-corrected chi connectivity index (χ3v) is 5.25. The third kappa shape index (κ3) is 4.38. The van der Waals surface area contributed by atoms with Crippen molar-refractivity contribution in [1.29, 1.82) is 5.26 Å². The largest absolute Gasteiger partial charge is 0.489 e. The number of rotatable bonds is 5. The van der Waals surface area contributed by atoms with Crippen molar-refractivity contribution in [3.63, 3.8) is 0 Å². The Kier molecular flexibility index (Phi) is 6.30. The number of nitrogens with two attached hydrogens (primary N) is 1. The van der Waals surface area contributed by atoms with Gasteiger partial charge < -0.3 is 19.9 Å². The van der Waals surface area contributed by atoms with Crippen molar-refractivity contribution in [1.82, 2.24) is 0 Å². The van der Waals surface area contributed by atoms with Gasteiger partial charge >= 0.3 is 5.97 Å². The molecule has 3 rings (SSSR count). The number of carbonyl (C=O) groups excluding carboxylic acids is 1. The molecule has 1 unspecified atom stereocenters. The fourth-order valence-electron chi connectivity index (χ4n) is 3.64. The minimum atomic E-state index is -0.726. The second kappa shape index (κ2) is 8.92. The molecule has 0 spiro atoms. The fourth-order valence-corrected chi connectivity index (χ4v) is 3.64. The summed E-state index contributed by atoms with van der Waals surface area (Å²) in [7, 11) is 1.28. The monoisotopic (exact) mass is 422 g/mol. The van der Waals surface area contributed by atoms with Crippen molar-refractivity contribution in [2.45, 2.75) is 33.3 Å². The molecule has 2 aromatic carbocycles. The van der Waals surface area contributed by atoms with Crippen molar-refractivity contribution in [2.24, 2.45) is 5.73 Å². The molecule has 160 valence electrons. The molecule has 6 nitrogen and oxygen atoms in total. The summed E-state index contributed by atoms with van der Waals surface area (Å²) in [5.74, 6) is -0.879. The highest BCUT2D eigenvalue weighted by Crippen LogP contribution is 2.41. The van der Waals surface area contributed by atoms with Crippen LogP contribution in [0.1, 0.15) is 35.1 Å². The molecule has 2 aromatic rings. The van der Waals surface area contributed by atoms with Crippen LogP contribution in [0.2, 0.25) is 0 Å². The number of methoxy groups -OCH3 is 1. The number of hydrogen-bond acceptors (Lipinski definition) is 6. The van der Waals surface area contributed by atoms with E-state index in [4.69, 9.17) is 19.9 Å². The number of benzene rings is 2. The third-order valence-electron chi connectivity index (χ3n) is 5.25. The van der Waals surface area contributed by atoms with E-state index in [0.29, 0.717) is 5.75 Å². The number of halogens is 1. The highest BCUT2D eigenvalue weighted by Gasteiger charge is 2.37. The van der Waals surface area contributed by atoms with Crippen LogP contribution < -0.4 is 10.5 Å². The van der Waals surface area contributed by atoms with Crippen LogP contribution in [0.25, 0.3) is 0 Å². The topological polar surface area (TPSA) is 94.6 Å². The number of nitrogens with zero attached hydrogens (tertiary/aromatic N) is 1. The molecule has 7 heteroatoms. The van der Waals surface area contributed by atoms with E-state index in [0.717, 1.165) is 22.3 Å². The molecule has 2 N–H and O–H groups in total. The van der Waals surface area contributed by atoms with Gasteiger partial charge in [0.25, 0.3) is 0 Å². The molecule has 0 amide bonds. The summed E-state index contributed by atoms with van der Waals surface area (Å²) < 4.78 is 29.3. The Bertz CT molecular complexity index is 1130. The van der Waals surface area contributed by atoms with E-state index in [1.54, 1.807) is 19.1 Å². The van der Waals surface area contributed by atoms with Crippen LogP contribution in [0.5, 0.6) is 5.75 Å². The summed E-state index contributed by atoms with van der Waals surface area (Å²) in [6.45, 7) is 5.69. The standard InChI is InChI=1S/C24H23FN2O4/c1-13-9-14(2)19(10-16(13)12-30-18-7-5-17(25)6-8-18)22-20(11-26)23(27)31-15(3)21(22)24(28)29-4/h5-10,22H,12,27H2,1-4H3. The van der Waals surface area contributed by atoms with Crippen molar-refractivity contribution in [3.8, 4) is 11.8 Å². The lowest BCUT2D eigenvalue weighted by Gasteiger charge is -2.28. The van der Waals surface area contributed by atoms with Crippen LogP contribution in [-0.4, -0.2) is 13.1 Å². The lowest BCUT2D eigenvalue weighted by molar-refractivity contribution is -0.136. The van der Waals surface area contributed by atoms with Crippen LogP contribution in [-0.2, 0) is 20.9 Å². The van der Waals surface area contributed by atoms with Gasteiger partial charge in [0.05, 0.1) is 18.6 Å². The lowest BCUT2D eigenvalue weighted by Crippen LogP contribution is -2.25. The first-order valence-electron chi connectivity index (χ1n) is 9.61. The Labute approximate surface area is 180 Å². The maximum Gasteiger partial charge on any atom is 0.338 e. The van der Waals surface area contributed by atoms with E-state index in [1.165, 1.54) is 19.2 Å². The average Bonchev–Trinajstić information content (AvgIpc) is 2.73. The number of aryl methyl sites for hydroxylation is 2. The smallest absolute Gasteiger partial charge is 0.338 e. The quantitative estimate of drug-likeness (QED) is 0.723. The van der Waals surface area contributed by atoms with E-state index < -0.39 is 11.9 Å². The summed E-state index contributed by atoms with van der Waals surface area (Å²) in [5.41, 5.74) is 9.78. The molecular weight excluding hydrogens is 399 g/mol. The molecule has 1 atom stereocenters. The number of carbonyl (C=O) groups is 1. The van der Waals surface area contributed by atoms with Gasteiger partial charge in [0.15, 0.2) is 0 Å². The van der Waals surface area contributed by atoms with Crippen molar-refractivity contribution in [3.05, 3.63) is 87.3 Å². The van der Waals surface area contributed by atoms with Gasteiger partial charge in [0.1, 0.15) is 35.6 Å². The molecule has 1 aliphatic heterocycles. The Morgan fingerprint density at radius 3 is 2.48 bits per heavy atom. The lowest BCUT2D eigenvalue weighted by atomic mass is 9.80. The maximum absolute atomic E-state index is 13.1. The first-order valence-corrected chi connectivity index (χ1v) is 9.61. The molecule has 1 heterocycles. The molecule has 0 radical (unpaired) electrons. The molecule has 0 saturated heterocycles. The summed E-state index contributed by atoms with van der Waals surface area (Å²) in [5, 5.41) is 9.74. The Morgan fingerprint density at radius 2 is 1.87 bits per heavy atom. The molecule has 31 heavy (non-hydrogen) atoms. The molecule has 0 aromatic heterocycles. The highest BCUT2D eigenvalue weighted by molar-refractivity contribution is 5.92. The predicted molar refractivity (Wildman–Crippen MR) is 112 cm³/mol. The van der Waals surface area contributed by atoms with Gasteiger partial charge in [-0.25, -0.2) is 9.18 Å².